The summed E-state index contributed by atoms with van der Waals surface area (Å²) >= 11 is 0. The topological polar surface area (TPSA) is 101 Å². The number of rotatable bonds is 8. The van der Waals surface area contributed by atoms with Crippen molar-refractivity contribution in [2.45, 2.75) is 45.1 Å². The van der Waals surface area contributed by atoms with Crippen molar-refractivity contribution in [2.75, 3.05) is 6.61 Å². The van der Waals surface area contributed by atoms with Crippen LogP contribution in [0.25, 0.3) is 0 Å². The Bertz CT molecular complexity index is 273. The molecule has 0 aromatic heterocycles. The molecule has 0 saturated heterocycles. The van der Waals surface area contributed by atoms with Crippen LogP contribution in [-0.4, -0.2) is 40.6 Å². The van der Waals surface area contributed by atoms with Crippen LogP contribution < -0.4 is 0 Å². The Morgan fingerprint density at radius 2 is 1.82 bits per heavy atom. The Morgan fingerprint density at radius 1 is 1.18 bits per heavy atom. The van der Waals surface area contributed by atoms with E-state index in [9.17, 15) is 14.4 Å². The van der Waals surface area contributed by atoms with E-state index in [2.05, 4.69) is 4.74 Å². The van der Waals surface area contributed by atoms with E-state index in [4.69, 9.17) is 10.2 Å². The number of hydrogen-bond donors (Lipinski definition) is 2. The predicted octanol–water partition coefficient (Wildman–Crippen LogP) is -0.0511. The second-order valence-corrected chi connectivity index (χ2v) is 3.64. The maximum Gasteiger partial charge on any atom is 0.382 e. The Kier molecular flexibility index (Phi) is 8.17. The van der Waals surface area contributed by atoms with Crippen LogP contribution in [-0.2, 0) is 19.1 Å². The van der Waals surface area contributed by atoms with E-state index < -0.39 is 30.4 Å². The molecule has 0 radical (unpaired) electrons. The van der Waals surface area contributed by atoms with Crippen molar-refractivity contribution in [3.8, 4) is 0 Å². The summed E-state index contributed by atoms with van der Waals surface area (Å²) in [4.78, 5) is 33.1. The summed E-state index contributed by atoms with van der Waals surface area (Å²) in [7, 11) is 0. The average molecular weight is 246 g/mol. The first-order chi connectivity index (χ1) is 8.02. The number of Topliss-reactive ketones (excluding diaryl/α,β-unsaturated/α-hetero) is 1. The molecule has 0 aromatic rings. The van der Waals surface area contributed by atoms with E-state index >= 15 is 0 Å². The van der Waals surface area contributed by atoms with E-state index in [1.165, 1.54) is 0 Å². The number of aliphatic hydroxyl groups excluding tert-OH is 2. The highest BCUT2D eigenvalue weighted by molar-refractivity contribution is 6.35. The van der Waals surface area contributed by atoms with Gasteiger partial charge in [-0.05, 0) is 6.42 Å². The number of carbonyl (C=O) groups is 3. The molecule has 0 aromatic carbocycles. The quantitative estimate of drug-likeness (QED) is 0.269. The lowest BCUT2D eigenvalue weighted by molar-refractivity contribution is -0.170. The van der Waals surface area contributed by atoms with Crippen molar-refractivity contribution in [3.05, 3.63) is 0 Å². The molecule has 0 bridgehead atoms. The second kappa shape index (κ2) is 8.83. The standard InChI is InChI=1S/C11H18O6/c1-2-3-4-5-6-8(13)10(15)17-11(16)9(14)7-12/h9,12,14H,2-7H2,1H3. The number of hydrogen-bond acceptors (Lipinski definition) is 6. The summed E-state index contributed by atoms with van der Waals surface area (Å²) in [6.07, 6.45) is 1.64. The van der Waals surface area contributed by atoms with Gasteiger partial charge in [-0.25, -0.2) is 9.59 Å². The van der Waals surface area contributed by atoms with Crippen LogP contribution >= 0.6 is 0 Å². The fourth-order valence-corrected chi connectivity index (χ4v) is 1.11. The van der Waals surface area contributed by atoms with Gasteiger partial charge in [0.05, 0.1) is 6.61 Å². The Hall–Kier alpha value is -1.27. The molecule has 98 valence electrons. The molecule has 0 spiro atoms. The largest absolute Gasteiger partial charge is 0.393 e. The first-order valence-corrected chi connectivity index (χ1v) is 5.60. The molecule has 0 heterocycles. The lowest BCUT2D eigenvalue weighted by Crippen LogP contribution is -2.31. The van der Waals surface area contributed by atoms with Crippen molar-refractivity contribution in [1.82, 2.24) is 0 Å². The Morgan fingerprint density at radius 3 is 2.35 bits per heavy atom. The van der Waals surface area contributed by atoms with Gasteiger partial charge in [-0.15, -0.1) is 0 Å². The highest BCUT2D eigenvalue weighted by Gasteiger charge is 2.23. The molecule has 17 heavy (non-hydrogen) atoms. The summed E-state index contributed by atoms with van der Waals surface area (Å²) in [6, 6.07) is 0. The summed E-state index contributed by atoms with van der Waals surface area (Å²) in [6.45, 7) is 1.17. The van der Waals surface area contributed by atoms with Gasteiger partial charge >= 0.3 is 11.9 Å². The van der Waals surface area contributed by atoms with Crippen molar-refractivity contribution in [2.24, 2.45) is 0 Å². The number of unbranched alkanes of at least 4 members (excludes halogenated alkanes) is 3. The molecule has 1 atom stereocenters. The molecule has 0 rings (SSSR count). The summed E-state index contributed by atoms with van der Waals surface area (Å²) in [5.41, 5.74) is 0. The third-order valence-electron chi connectivity index (χ3n) is 2.12. The molecule has 2 N–H and O–H groups in total. The van der Waals surface area contributed by atoms with Gasteiger partial charge in [0, 0.05) is 6.42 Å². The Labute approximate surface area is 99.6 Å². The molecule has 1 unspecified atom stereocenters. The summed E-state index contributed by atoms with van der Waals surface area (Å²) in [5.74, 6) is -3.38. The molecule has 6 heteroatoms. The third-order valence-corrected chi connectivity index (χ3v) is 2.12. The smallest absolute Gasteiger partial charge is 0.382 e. The zero-order valence-corrected chi connectivity index (χ0v) is 9.85. The van der Waals surface area contributed by atoms with E-state index in [1.54, 1.807) is 0 Å². The third kappa shape index (κ3) is 6.80. The zero-order chi connectivity index (χ0) is 13.3. The Balaban J connectivity index is 3.89. The van der Waals surface area contributed by atoms with E-state index in [0.717, 1.165) is 19.3 Å². The van der Waals surface area contributed by atoms with E-state index in [0.29, 0.717) is 6.42 Å². The van der Waals surface area contributed by atoms with Crippen LogP contribution in [0.2, 0.25) is 0 Å². The van der Waals surface area contributed by atoms with Crippen molar-refractivity contribution >= 4 is 17.7 Å². The lowest BCUT2D eigenvalue weighted by atomic mass is 10.1. The van der Waals surface area contributed by atoms with Gasteiger partial charge in [0.25, 0.3) is 0 Å². The number of ether oxygens (including phenoxy) is 1. The predicted molar refractivity (Wildman–Crippen MR) is 58.0 cm³/mol. The number of aliphatic hydroxyl groups is 2. The fraction of sp³-hybridized carbons (Fsp3) is 0.727. The van der Waals surface area contributed by atoms with Gasteiger partial charge in [-0.3, -0.25) is 4.79 Å². The van der Waals surface area contributed by atoms with Crippen molar-refractivity contribution in [1.29, 1.82) is 0 Å². The minimum Gasteiger partial charge on any atom is -0.393 e. The molecule has 0 aliphatic heterocycles. The molecule has 0 saturated carbocycles. The van der Waals surface area contributed by atoms with Crippen LogP contribution in [0.5, 0.6) is 0 Å². The first kappa shape index (κ1) is 15.7. The van der Waals surface area contributed by atoms with Gasteiger partial charge in [0.1, 0.15) is 0 Å². The van der Waals surface area contributed by atoms with Crippen LogP contribution in [0.3, 0.4) is 0 Å². The van der Waals surface area contributed by atoms with Crippen LogP contribution in [0.4, 0.5) is 0 Å². The normalized spacial score (nSPS) is 11.9. The number of ketones is 1. The van der Waals surface area contributed by atoms with Crippen LogP contribution in [0.15, 0.2) is 0 Å². The van der Waals surface area contributed by atoms with Gasteiger partial charge < -0.3 is 14.9 Å². The molecule has 0 amide bonds. The van der Waals surface area contributed by atoms with Gasteiger partial charge in [0.2, 0.25) is 5.78 Å². The number of esters is 2. The summed E-state index contributed by atoms with van der Waals surface area (Å²) < 4.78 is 4.08. The molecule has 0 aliphatic rings. The maximum absolute atomic E-state index is 11.2. The zero-order valence-electron chi connectivity index (χ0n) is 9.85. The average Bonchev–Trinajstić information content (AvgIpc) is 2.32. The molecular formula is C11H18O6. The second-order valence-electron chi connectivity index (χ2n) is 3.64. The fourth-order valence-electron chi connectivity index (χ4n) is 1.11. The molecule has 6 nitrogen and oxygen atoms in total. The van der Waals surface area contributed by atoms with Gasteiger partial charge in [-0.2, -0.15) is 0 Å². The first-order valence-electron chi connectivity index (χ1n) is 5.60. The van der Waals surface area contributed by atoms with Gasteiger partial charge in [-0.1, -0.05) is 26.2 Å². The lowest BCUT2D eigenvalue weighted by Gasteiger charge is -2.05. The highest BCUT2D eigenvalue weighted by Crippen LogP contribution is 2.04. The van der Waals surface area contributed by atoms with Crippen LogP contribution in [0.1, 0.15) is 39.0 Å². The maximum atomic E-state index is 11.2. The molecular weight excluding hydrogens is 228 g/mol. The minimum absolute atomic E-state index is 0.0291. The van der Waals surface area contributed by atoms with Crippen molar-refractivity contribution < 1.29 is 29.3 Å². The van der Waals surface area contributed by atoms with Gasteiger partial charge in [0.15, 0.2) is 6.10 Å². The number of carbonyl (C=O) groups excluding carboxylic acids is 3. The summed E-state index contributed by atoms with van der Waals surface area (Å²) in [5, 5.41) is 17.2. The van der Waals surface area contributed by atoms with E-state index in [-0.39, 0.29) is 6.42 Å². The molecule has 0 aliphatic carbocycles. The van der Waals surface area contributed by atoms with E-state index in [1.807, 2.05) is 6.92 Å². The SMILES string of the molecule is CCCCCCC(=O)C(=O)OC(=O)C(O)CO. The highest BCUT2D eigenvalue weighted by atomic mass is 16.6. The monoisotopic (exact) mass is 246 g/mol. The molecule has 0 fully saturated rings. The van der Waals surface area contributed by atoms with Crippen molar-refractivity contribution in [3.63, 3.8) is 0 Å². The van der Waals surface area contributed by atoms with Crippen LogP contribution in [0, 0.1) is 0 Å². The minimum atomic E-state index is -1.79.